The topological polar surface area (TPSA) is 169 Å². The molecule has 0 heterocycles. The summed E-state index contributed by atoms with van der Waals surface area (Å²) in [6.07, 6.45) is 26.9. The average Bonchev–Trinajstić information content (AvgIpc) is 2.94. The number of carbonyl (C=O) groups excluding carboxylic acids is 2. The number of hydrogen-bond donors (Lipinski definition) is 4. The van der Waals surface area contributed by atoms with Crippen molar-refractivity contribution in [3.05, 3.63) is 48.6 Å². The lowest BCUT2D eigenvalue weighted by molar-refractivity contribution is -0.144. The van der Waals surface area contributed by atoms with Gasteiger partial charge in [-0.05, 0) is 51.4 Å². The Bertz CT molecular complexity index is 916. The zero-order valence-corrected chi connectivity index (χ0v) is 25.9. The van der Waals surface area contributed by atoms with E-state index in [4.69, 9.17) is 0 Å². The molecule has 0 saturated heterocycles. The van der Waals surface area contributed by atoms with Crippen LogP contribution in [-0.2, 0) is 32.7 Å². The molecule has 0 bridgehead atoms. The van der Waals surface area contributed by atoms with Gasteiger partial charge in [-0.1, -0.05) is 74.8 Å². The third kappa shape index (κ3) is 26.3. The van der Waals surface area contributed by atoms with Gasteiger partial charge in [0.25, 0.3) is 0 Å². The van der Waals surface area contributed by atoms with Crippen LogP contribution >= 0.6 is 7.82 Å². The molecule has 0 fully saturated rings. The lowest BCUT2D eigenvalue weighted by Crippen LogP contribution is -2.43. The highest BCUT2D eigenvalue weighted by atomic mass is 31.2. The molecule has 3 atom stereocenters. The molecule has 0 aliphatic heterocycles. The molecule has 0 aliphatic rings. The summed E-state index contributed by atoms with van der Waals surface area (Å²) >= 11 is 0. The van der Waals surface area contributed by atoms with Gasteiger partial charge in [0.15, 0.2) is 6.04 Å². The minimum absolute atomic E-state index is 0.105. The van der Waals surface area contributed by atoms with Crippen LogP contribution in [0.5, 0.6) is 0 Å². The SMILES string of the molecule is CCCCC/C=C\C/C=C\C/C=C\C/C=C\CCCCCC(=O)NC(COP(=O)(O)OCC(O)COC(C)=O)C(=O)O. The standard InChI is InChI=1S/C30H50NO10P/c1-3-4-5-6-7-8-9-10-11-12-13-14-15-16-17-18-19-20-21-22-29(34)31-28(30(35)36)25-41-42(37,38)40-24-27(33)23-39-26(2)32/h7-8,10-11,13-14,16-17,27-28,33H,3-6,9,12,15,18-25H2,1-2H3,(H,31,34)(H,35,36)(H,37,38)/b8-7-,11-10-,14-13-,17-16-. The summed E-state index contributed by atoms with van der Waals surface area (Å²) in [6.45, 7) is 1.38. The highest BCUT2D eigenvalue weighted by molar-refractivity contribution is 7.47. The monoisotopic (exact) mass is 615 g/mol. The molecule has 3 unspecified atom stereocenters. The summed E-state index contributed by atoms with van der Waals surface area (Å²) in [6, 6.07) is -1.56. The first-order chi connectivity index (χ1) is 20.1. The van der Waals surface area contributed by atoms with Crippen LogP contribution in [-0.4, -0.2) is 64.9 Å². The van der Waals surface area contributed by atoms with Gasteiger partial charge in [0.05, 0.1) is 13.2 Å². The van der Waals surface area contributed by atoms with Gasteiger partial charge in [-0.15, -0.1) is 0 Å². The van der Waals surface area contributed by atoms with Gasteiger partial charge in [-0.2, -0.15) is 0 Å². The van der Waals surface area contributed by atoms with Crippen molar-refractivity contribution in [3.63, 3.8) is 0 Å². The smallest absolute Gasteiger partial charge is 0.472 e. The number of phosphoric ester groups is 1. The molecule has 0 saturated carbocycles. The second-order valence-electron chi connectivity index (χ2n) is 9.66. The zero-order valence-electron chi connectivity index (χ0n) is 25.0. The maximum absolute atomic E-state index is 12.1. The third-order valence-corrected chi connectivity index (χ3v) is 6.63. The van der Waals surface area contributed by atoms with Crippen molar-refractivity contribution in [3.8, 4) is 0 Å². The second-order valence-corrected chi connectivity index (χ2v) is 11.1. The first-order valence-electron chi connectivity index (χ1n) is 14.6. The molecule has 4 N–H and O–H groups in total. The maximum Gasteiger partial charge on any atom is 0.472 e. The Hall–Kier alpha value is -2.56. The number of rotatable bonds is 26. The van der Waals surface area contributed by atoms with Crippen LogP contribution in [0.1, 0.15) is 90.9 Å². The summed E-state index contributed by atoms with van der Waals surface area (Å²) in [7, 11) is -4.72. The summed E-state index contributed by atoms with van der Waals surface area (Å²) in [5.74, 6) is -2.61. The van der Waals surface area contributed by atoms with E-state index < -0.39 is 57.6 Å². The largest absolute Gasteiger partial charge is 0.480 e. The van der Waals surface area contributed by atoms with Crippen LogP contribution in [0.15, 0.2) is 48.6 Å². The lowest BCUT2D eigenvalue weighted by atomic mass is 10.1. The second kappa shape index (κ2) is 26.1. The van der Waals surface area contributed by atoms with Crippen LogP contribution in [0.3, 0.4) is 0 Å². The maximum atomic E-state index is 12.1. The van der Waals surface area contributed by atoms with Gasteiger partial charge in [0.2, 0.25) is 5.91 Å². The van der Waals surface area contributed by atoms with E-state index in [0.717, 1.165) is 45.4 Å². The number of amides is 1. The number of carboxylic acid groups (broad SMARTS) is 1. The van der Waals surface area contributed by atoms with E-state index in [1.807, 2.05) is 0 Å². The van der Waals surface area contributed by atoms with Crippen molar-refractivity contribution in [2.75, 3.05) is 19.8 Å². The first kappa shape index (κ1) is 39.4. The highest BCUT2D eigenvalue weighted by Gasteiger charge is 2.28. The van der Waals surface area contributed by atoms with Crippen LogP contribution < -0.4 is 5.32 Å². The summed E-state index contributed by atoms with van der Waals surface area (Å²) in [4.78, 5) is 43.9. The van der Waals surface area contributed by atoms with Gasteiger partial charge < -0.3 is 25.2 Å². The molecule has 0 aromatic heterocycles. The predicted octanol–water partition coefficient (Wildman–Crippen LogP) is 5.54. The van der Waals surface area contributed by atoms with E-state index in [0.29, 0.717) is 6.42 Å². The molecule has 42 heavy (non-hydrogen) atoms. The van der Waals surface area contributed by atoms with Gasteiger partial charge >= 0.3 is 19.8 Å². The zero-order chi connectivity index (χ0) is 31.5. The number of esters is 1. The normalized spacial score (nSPS) is 15.0. The lowest BCUT2D eigenvalue weighted by Gasteiger charge is -2.18. The fourth-order valence-corrected chi connectivity index (χ4v) is 4.15. The quantitative estimate of drug-likeness (QED) is 0.0420. The predicted molar refractivity (Wildman–Crippen MR) is 162 cm³/mol. The molecule has 0 radical (unpaired) electrons. The summed E-state index contributed by atoms with van der Waals surface area (Å²) < 4.78 is 25.6. The van der Waals surface area contributed by atoms with Crippen molar-refractivity contribution in [1.29, 1.82) is 0 Å². The Morgan fingerprint density at radius 1 is 0.786 bits per heavy atom. The molecule has 240 valence electrons. The highest BCUT2D eigenvalue weighted by Crippen LogP contribution is 2.43. The number of carbonyl (C=O) groups is 3. The summed E-state index contributed by atoms with van der Waals surface area (Å²) in [5, 5.41) is 21.1. The van der Waals surface area contributed by atoms with Crippen LogP contribution in [0.4, 0.5) is 0 Å². The third-order valence-electron chi connectivity index (χ3n) is 5.68. The Morgan fingerprint density at radius 2 is 1.31 bits per heavy atom. The van der Waals surface area contributed by atoms with Crippen molar-refractivity contribution in [2.45, 2.75) is 103 Å². The van der Waals surface area contributed by atoms with Crippen LogP contribution in [0.25, 0.3) is 0 Å². The van der Waals surface area contributed by atoms with Crippen molar-refractivity contribution in [2.24, 2.45) is 0 Å². The van der Waals surface area contributed by atoms with Gasteiger partial charge in [0.1, 0.15) is 12.7 Å². The number of ether oxygens (including phenoxy) is 1. The van der Waals surface area contributed by atoms with E-state index in [1.54, 1.807) is 0 Å². The van der Waals surface area contributed by atoms with Gasteiger partial charge in [-0.25, -0.2) is 9.36 Å². The fraction of sp³-hybridized carbons (Fsp3) is 0.633. The number of hydrogen-bond acceptors (Lipinski definition) is 8. The molecular formula is C30H50NO10P. The van der Waals surface area contributed by atoms with E-state index in [9.17, 15) is 34.1 Å². The van der Waals surface area contributed by atoms with Gasteiger partial charge in [0, 0.05) is 13.3 Å². The number of carboxylic acids is 1. The minimum atomic E-state index is -4.72. The first-order valence-corrected chi connectivity index (χ1v) is 16.1. The molecule has 0 spiro atoms. The Kier molecular flexibility index (Phi) is 24.5. The number of aliphatic hydroxyl groups excluding tert-OH is 1. The van der Waals surface area contributed by atoms with E-state index in [2.05, 4.69) is 74.6 Å². The molecule has 11 nitrogen and oxygen atoms in total. The molecular weight excluding hydrogens is 565 g/mol. The van der Waals surface area contributed by atoms with Crippen molar-refractivity contribution < 1.29 is 47.8 Å². The average molecular weight is 616 g/mol. The fourth-order valence-electron chi connectivity index (χ4n) is 3.37. The number of aliphatic hydroxyl groups is 1. The van der Waals surface area contributed by atoms with Gasteiger partial charge in [-0.3, -0.25) is 18.6 Å². The summed E-state index contributed by atoms with van der Waals surface area (Å²) in [5.41, 5.74) is 0. The Balaban J connectivity index is 4.00. The number of unbranched alkanes of at least 4 members (excludes halogenated alkanes) is 6. The van der Waals surface area contributed by atoms with Crippen molar-refractivity contribution >= 4 is 25.7 Å². The molecule has 12 heteroatoms. The van der Waals surface area contributed by atoms with Crippen LogP contribution in [0, 0.1) is 0 Å². The molecule has 0 aliphatic carbocycles. The van der Waals surface area contributed by atoms with E-state index in [-0.39, 0.29) is 6.42 Å². The van der Waals surface area contributed by atoms with Crippen molar-refractivity contribution in [1.82, 2.24) is 5.32 Å². The van der Waals surface area contributed by atoms with E-state index >= 15 is 0 Å². The van der Waals surface area contributed by atoms with Crippen LogP contribution in [0.2, 0.25) is 0 Å². The molecule has 1 amide bonds. The molecule has 0 rings (SSSR count). The number of phosphoric acid groups is 1. The molecule has 0 aromatic carbocycles. The number of nitrogens with one attached hydrogen (secondary N) is 1. The Labute approximate surface area is 250 Å². The number of allylic oxidation sites excluding steroid dienone is 8. The van der Waals surface area contributed by atoms with E-state index in [1.165, 1.54) is 25.7 Å². The molecule has 0 aromatic rings. The number of aliphatic carboxylic acids is 1. The Morgan fingerprint density at radius 3 is 1.83 bits per heavy atom. The minimum Gasteiger partial charge on any atom is -0.480 e.